The van der Waals surface area contributed by atoms with E-state index in [-0.39, 0.29) is 10.3 Å². The highest BCUT2D eigenvalue weighted by Gasteiger charge is 2.54. The number of hydrogen-bond acceptors (Lipinski definition) is 9. The van der Waals surface area contributed by atoms with E-state index in [9.17, 15) is 13.2 Å². The predicted octanol–water partition coefficient (Wildman–Crippen LogP) is 4.38. The first-order valence-electron chi connectivity index (χ1n) is 13.6. The van der Waals surface area contributed by atoms with Gasteiger partial charge in [0.15, 0.2) is 11.4 Å². The Morgan fingerprint density at radius 3 is 2.32 bits per heavy atom. The van der Waals surface area contributed by atoms with Crippen LogP contribution in [-0.4, -0.2) is 74.5 Å². The molecule has 6 rings (SSSR count). The molecule has 11 heteroatoms. The van der Waals surface area contributed by atoms with Crippen molar-refractivity contribution >= 4 is 38.6 Å². The molecule has 4 aliphatic rings. The molecule has 1 aromatic carbocycles. The van der Waals surface area contributed by atoms with Crippen molar-refractivity contribution in [3.63, 3.8) is 0 Å². The van der Waals surface area contributed by atoms with Crippen molar-refractivity contribution < 1.29 is 27.2 Å². The zero-order chi connectivity index (χ0) is 27.1. The summed E-state index contributed by atoms with van der Waals surface area (Å²) < 4.78 is 46.3. The largest absolute Gasteiger partial charge is 0.443 e. The first-order valence-corrected chi connectivity index (χ1v) is 15.0. The van der Waals surface area contributed by atoms with Gasteiger partial charge >= 0.3 is 6.09 Å². The van der Waals surface area contributed by atoms with E-state index in [0.717, 1.165) is 56.5 Å². The summed E-state index contributed by atoms with van der Waals surface area (Å²) >= 11 is 0. The number of nitrogens with zero attached hydrogens (tertiary/aromatic N) is 4. The molecule has 0 bridgehead atoms. The van der Waals surface area contributed by atoms with Crippen LogP contribution in [0.5, 0.6) is 0 Å². The molecule has 4 heterocycles. The van der Waals surface area contributed by atoms with Crippen LogP contribution in [0.3, 0.4) is 0 Å². The first kappa shape index (κ1) is 25.7. The van der Waals surface area contributed by atoms with Crippen LogP contribution in [0.1, 0.15) is 60.3 Å². The highest BCUT2D eigenvalue weighted by Crippen LogP contribution is 2.48. The summed E-state index contributed by atoms with van der Waals surface area (Å²) in [5, 5.41) is 5.05. The van der Waals surface area contributed by atoms with Gasteiger partial charge in [0.2, 0.25) is 0 Å². The summed E-state index contributed by atoms with van der Waals surface area (Å²) in [4.78, 5) is 17.7. The van der Waals surface area contributed by atoms with Crippen LogP contribution >= 0.6 is 0 Å². The van der Waals surface area contributed by atoms with E-state index in [1.807, 2.05) is 0 Å². The standard InChI is InChI=1S/C27H38N4O6S/c1-25(2,3)36-24(32)31(27(5)8-9-27)38(33,34)19-12-20-22(37-28-23(20)29-10-6-7-11-29)21(13-19)30-14-18(15-30)26(4)16-35-17-26/h12-13,18H,6-11,14-17H2,1-5H3. The number of amides is 1. The monoisotopic (exact) mass is 546 g/mol. The van der Waals surface area contributed by atoms with E-state index in [2.05, 4.69) is 21.9 Å². The minimum atomic E-state index is -4.23. The number of fused-ring (bicyclic) bond motifs is 1. The third-order valence-corrected chi connectivity index (χ3v) is 10.4. The molecule has 0 spiro atoms. The molecule has 1 saturated carbocycles. The molecule has 38 heavy (non-hydrogen) atoms. The molecule has 1 aliphatic carbocycles. The van der Waals surface area contributed by atoms with E-state index in [4.69, 9.17) is 14.0 Å². The van der Waals surface area contributed by atoms with Crippen LogP contribution in [0.4, 0.5) is 16.3 Å². The van der Waals surface area contributed by atoms with Crippen LogP contribution in [0.25, 0.3) is 11.0 Å². The fourth-order valence-corrected chi connectivity index (χ4v) is 7.44. The number of ether oxygens (including phenoxy) is 2. The summed E-state index contributed by atoms with van der Waals surface area (Å²) in [7, 11) is -4.23. The van der Waals surface area contributed by atoms with Crippen molar-refractivity contribution in [1.29, 1.82) is 0 Å². The predicted molar refractivity (Wildman–Crippen MR) is 143 cm³/mol. The van der Waals surface area contributed by atoms with Crippen LogP contribution in [0, 0.1) is 11.3 Å². The Morgan fingerprint density at radius 1 is 1.11 bits per heavy atom. The molecule has 0 atom stereocenters. The van der Waals surface area contributed by atoms with E-state index < -0.39 is 27.3 Å². The quantitative estimate of drug-likeness (QED) is 0.522. The van der Waals surface area contributed by atoms with E-state index in [1.54, 1.807) is 39.8 Å². The van der Waals surface area contributed by atoms with Crippen molar-refractivity contribution in [2.75, 3.05) is 49.2 Å². The second-order valence-corrected chi connectivity index (χ2v) is 14.8. The van der Waals surface area contributed by atoms with Crippen LogP contribution < -0.4 is 9.80 Å². The summed E-state index contributed by atoms with van der Waals surface area (Å²) in [5.74, 6) is 1.12. The molecule has 0 unspecified atom stereocenters. The topological polar surface area (TPSA) is 105 Å². The van der Waals surface area contributed by atoms with Gasteiger partial charge in [-0.05, 0) is 65.5 Å². The number of hydrogen-bond donors (Lipinski definition) is 0. The smallest absolute Gasteiger partial charge is 0.424 e. The Morgan fingerprint density at radius 2 is 1.76 bits per heavy atom. The van der Waals surface area contributed by atoms with E-state index in [0.29, 0.717) is 41.2 Å². The average molecular weight is 547 g/mol. The number of carbonyl (C=O) groups is 1. The highest BCUT2D eigenvalue weighted by molar-refractivity contribution is 7.89. The van der Waals surface area contributed by atoms with Gasteiger partial charge in [-0.25, -0.2) is 13.2 Å². The SMILES string of the molecule is CC(C)(C)OC(=O)N(C1(C)CC1)S(=O)(=O)c1cc(N2CC(C3(C)COC3)C2)c2onc(N3CCCC3)c2c1. The van der Waals surface area contributed by atoms with Gasteiger partial charge in [-0.1, -0.05) is 12.1 Å². The van der Waals surface area contributed by atoms with E-state index in [1.165, 1.54) is 0 Å². The Labute approximate surface area is 224 Å². The molecule has 3 aliphatic heterocycles. The molecule has 4 fully saturated rings. The molecule has 1 amide bonds. The Balaban J connectivity index is 1.43. The zero-order valence-corrected chi connectivity index (χ0v) is 23.8. The fourth-order valence-electron chi connectivity index (χ4n) is 5.71. The molecule has 0 radical (unpaired) electrons. The number of sulfonamides is 1. The van der Waals surface area contributed by atoms with Gasteiger partial charge in [0, 0.05) is 37.5 Å². The number of aromatic nitrogens is 1. The average Bonchev–Trinajstić information content (AvgIpc) is 3.15. The van der Waals surface area contributed by atoms with Gasteiger partial charge in [0.25, 0.3) is 10.0 Å². The van der Waals surface area contributed by atoms with Gasteiger partial charge in [0.1, 0.15) is 5.60 Å². The number of benzene rings is 1. The fraction of sp³-hybridized carbons (Fsp3) is 0.704. The van der Waals surface area contributed by atoms with Crippen molar-refractivity contribution in [3.05, 3.63) is 12.1 Å². The maximum Gasteiger partial charge on any atom is 0.424 e. The number of anilines is 2. The molecular formula is C27H38N4O6S. The maximum atomic E-state index is 14.2. The lowest BCUT2D eigenvalue weighted by atomic mass is 9.71. The van der Waals surface area contributed by atoms with Crippen molar-refractivity contribution in [3.8, 4) is 0 Å². The van der Waals surface area contributed by atoms with Crippen LogP contribution in [0.15, 0.2) is 21.6 Å². The normalized spacial score (nSPS) is 22.8. The maximum absolute atomic E-state index is 14.2. The Hall–Kier alpha value is -2.53. The van der Waals surface area contributed by atoms with Gasteiger partial charge in [-0.15, -0.1) is 0 Å². The highest BCUT2D eigenvalue weighted by atomic mass is 32.2. The Bertz CT molecular complexity index is 1360. The summed E-state index contributed by atoms with van der Waals surface area (Å²) in [5.41, 5.74) is -0.194. The minimum Gasteiger partial charge on any atom is -0.443 e. The lowest BCUT2D eigenvalue weighted by Crippen LogP contribution is -2.60. The van der Waals surface area contributed by atoms with E-state index >= 15 is 0 Å². The molecule has 10 nitrogen and oxygen atoms in total. The van der Waals surface area contributed by atoms with Crippen molar-refractivity contribution in [2.45, 2.75) is 76.3 Å². The van der Waals surface area contributed by atoms with Crippen LogP contribution in [0.2, 0.25) is 0 Å². The lowest BCUT2D eigenvalue weighted by molar-refractivity contribution is -0.139. The molecule has 208 valence electrons. The number of carbonyl (C=O) groups excluding carboxylic acids is 1. The molecule has 0 N–H and O–H groups in total. The van der Waals surface area contributed by atoms with Crippen LogP contribution in [-0.2, 0) is 19.5 Å². The molecule has 1 aromatic heterocycles. The molecular weight excluding hydrogens is 508 g/mol. The third kappa shape index (κ3) is 4.22. The summed E-state index contributed by atoms with van der Waals surface area (Å²) in [6.07, 6.45) is 2.46. The van der Waals surface area contributed by atoms with Gasteiger partial charge in [-0.3, -0.25) is 0 Å². The third-order valence-electron chi connectivity index (χ3n) is 8.55. The van der Waals surface area contributed by atoms with Crippen molar-refractivity contribution in [1.82, 2.24) is 9.46 Å². The second kappa shape index (κ2) is 8.48. The van der Waals surface area contributed by atoms with Gasteiger partial charge in [0.05, 0.1) is 34.7 Å². The van der Waals surface area contributed by atoms with Crippen molar-refractivity contribution in [2.24, 2.45) is 11.3 Å². The summed E-state index contributed by atoms with van der Waals surface area (Å²) in [6.45, 7) is 14.0. The second-order valence-electron chi connectivity index (χ2n) is 13.0. The van der Waals surface area contributed by atoms with Gasteiger partial charge in [-0.2, -0.15) is 4.31 Å². The lowest BCUT2D eigenvalue weighted by Gasteiger charge is -2.53. The van der Waals surface area contributed by atoms with Gasteiger partial charge < -0.3 is 23.8 Å². The first-order chi connectivity index (χ1) is 17.8. The summed E-state index contributed by atoms with van der Waals surface area (Å²) in [6, 6.07) is 3.27. The Kier molecular flexibility index (Phi) is 5.74. The number of rotatable bonds is 6. The molecule has 2 aromatic rings. The zero-order valence-electron chi connectivity index (χ0n) is 22.9. The minimum absolute atomic E-state index is 0.0595. The molecule has 3 saturated heterocycles.